The van der Waals surface area contributed by atoms with E-state index in [-0.39, 0.29) is 6.85 Å². The largest absolute Gasteiger partial charge is 0.466 e. The fraction of sp³-hybridized carbons (Fsp3) is 0.102. The molecule has 2 aliphatic heterocycles. The zero-order valence-corrected chi connectivity index (χ0v) is 29.7. The molecular formula is C49H37BN2O. The standard InChI is InChI=1S/C49H37BN2O/c1-2-3-5-16-32-27-29-34(30-28-32)52-43-25-14-10-21-37(43)41-31-40(36-20-9-8-19-35(36)33-17-6-4-7-18-33)45-38-22-11-13-24-42(38)51-47-39-23-12-15-26-44(39)53-49(47)50(52)46(41)48(45)51/h4,6-15,17-31H,2-3,5,16H2,1H3. The maximum Gasteiger partial charge on any atom is 0.375 e. The summed E-state index contributed by atoms with van der Waals surface area (Å²) in [7, 11) is 0. The molecule has 0 fully saturated rings. The Morgan fingerprint density at radius 1 is 0.585 bits per heavy atom. The third-order valence-electron chi connectivity index (χ3n) is 11.6. The third kappa shape index (κ3) is 4.42. The lowest BCUT2D eigenvalue weighted by Crippen LogP contribution is -2.60. The second kappa shape index (κ2) is 11.9. The summed E-state index contributed by atoms with van der Waals surface area (Å²) in [6, 6.07) is 58.1. The Balaban J connectivity index is 1.28. The molecule has 3 nitrogen and oxygen atoms in total. The number of anilines is 2. The maximum absolute atomic E-state index is 7.07. The van der Waals surface area contributed by atoms with Crippen molar-refractivity contribution in [3.8, 4) is 39.1 Å². The number of hydrogen-bond donors (Lipinski definition) is 0. The number of aryl methyl sites for hydroxylation is 1. The molecule has 0 atom stereocenters. The van der Waals surface area contributed by atoms with Gasteiger partial charge in [0.1, 0.15) is 11.2 Å². The van der Waals surface area contributed by atoms with Crippen LogP contribution in [-0.2, 0) is 6.42 Å². The predicted molar refractivity (Wildman–Crippen MR) is 224 cm³/mol. The molecule has 0 saturated carbocycles. The van der Waals surface area contributed by atoms with Gasteiger partial charge in [0.25, 0.3) is 0 Å². The molecule has 0 radical (unpaired) electrons. The molecule has 0 N–H and O–H groups in total. The topological polar surface area (TPSA) is 21.3 Å². The van der Waals surface area contributed by atoms with Gasteiger partial charge in [0.15, 0.2) is 0 Å². The zero-order chi connectivity index (χ0) is 35.0. The molecule has 11 rings (SSSR count). The quantitative estimate of drug-likeness (QED) is 0.123. The fourth-order valence-corrected chi connectivity index (χ4v) is 9.31. The number of para-hydroxylation sites is 3. The number of rotatable bonds is 7. The summed E-state index contributed by atoms with van der Waals surface area (Å²) >= 11 is 0. The van der Waals surface area contributed by atoms with Crippen molar-refractivity contribution < 1.29 is 4.42 Å². The van der Waals surface area contributed by atoms with E-state index in [9.17, 15) is 0 Å². The van der Waals surface area contributed by atoms with Crippen LogP contribution in [0.3, 0.4) is 0 Å². The highest BCUT2D eigenvalue weighted by molar-refractivity contribution is 6.93. The maximum atomic E-state index is 7.07. The van der Waals surface area contributed by atoms with E-state index >= 15 is 0 Å². The first-order valence-corrected chi connectivity index (χ1v) is 19.0. The molecule has 53 heavy (non-hydrogen) atoms. The smallest absolute Gasteiger partial charge is 0.375 e. The summed E-state index contributed by atoms with van der Waals surface area (Å²) in [6.07, 6.45) is 4.82. The molecule has 0 amide bonds. The molecule has 0 spiro atoms. The molecule has 2 aliphatic rings. The van der Waals surface area contributed by atoms with Gasteiger partial charge in [-0.2, -0.15) is 0 Å². The van der Waals surface area contributed by atoms with Crippen molar-refractivity contribution in [3.63, 3.8) is 0 Å². The molecule has 4 heterocycles. The normalized spacial score (nSPS) is 12.8. The van der Waals surface area contributed by atoms with Gasteiger partial charge in [0.05, 0.1) is 16.7 Å². The molecule has 0 aliphatic carbocycles. The molecule has 0 bridgehead atoms. The van der Waals surface area contributed by atoms with Crippen molar-refractivity contribution in [2.24, 2.45) is 0 Å². The number of hydrogen-bond acceptors (Lipinski definition) is 2. The summed E-state index contributed by atoms with van der Waals surface area (Å²) in [5, 5.41) is 3.67. The second-order valence-corrected chi connectivity index (χ2v) is 14.6. The van der Waals surface area contributed by atoms with E-state index in [2.05, 4.69) is 174 Å². The van der Waals surface area contributed by atoms with Crippen molar-refractivity contribution in [2.45, 2.75) is 32.6 Å². The Hall–Kier alpha value is -6.26. The van der Waals surface area contributed by atoms with Gasteiger partial charge in [-0.15, -0.1) is 0 Å². The first-order chi connectivity index (χ1) is 26.3. The van der Waals surface area contributed by atoms with Crippen LogP contribution in [0, 0.1) is 0 Å². The minimum absolute atomic E-state index is 0.161. The number of nitrogens with zero attached hydrogens (tertiary/aromatic N) is 2. The second-order valence-electron chi connectivity index (χ2n) is 14.6. The van der Waals surface area contributed by atoms with Crippen LogP contribution in [0.4, 0.5) is 11.4 Å². The average molecular weight is 681 g/mol. The van der Waals surface area contributed by atoms with E-state index in [0.29, 0.717) is 0 Å². The van der Waals surface area contributed by atoms with E-state index in [4.69, 9.17) is 4.42 Å². The molecule has 0 unspecified atom stereocenters. The lowest BCUT2D eigenvalue weighted by atomic mass is 9.46. The van der Waals surface area contributed by atoms with Gasteiger partial charge in [-0.25, -0.2) is 0 Å². The predicted octanol–water partition coefficient (Wildman–Crippen LogP) is 11.8. The Bertz CT molecular complexity index is 2860. The van der Waals surface area contributed by atoms with Gasteiger partial charge >= 0.3 is 6.85 Å². The Morgan fingerprint density at radius 2 is 1.28 bits per heavy atom. The van der Waals surface area contributed by atoms with Gasteiger partial charge in [-0.1, -0.05) is 135 Å². The summed E-state index contributed by atoms with van der Waals surface area (Å²) in [5.41, 5.74) is 18.0. The summed E-state index contributed by atoms with van der Waals surface area (Å²) < 4.78 is 9.60. The third-order valence-corrected chi connectivity index (χ3v) is 11.6. The molecule has 7 aromatic carbocycles. The van der Waals surface area contributed by atoms with Gasteiger partial charge in [0, 0.05) is 33.1 Å². The van der Waals surface area contributed by atoms with Gasteiger partial charge in [0.2, 0.25) is 0 Å². The van der Waals surface area contributed by atoms with Crippen molar-refractivity contribution in [2.75, 3.05) is 4.81 Å². The Labute approximate surface area is 309 Å². The highest BCUT2D eigenvalue weighted by Gasteiger charge is 2.47. The van der Waals surface area contributed by atoms with Crippen LogP contribution in [0.2, 0.25) is 0 Å². The molecule has 0 saturated heterocycles. The van der Waals surface area contributed by atoms with E-state index in [1.54, 1.807) is 0 Å². The van der Waals surface area contributed by atoms with Gasteiger partial charge < -0.3 is 13.8 Å². The first-order valence-electron chi connectivity index (χ1n) is 19.0. The van der Waals surface area contributed by atoms with Crippen molar-refractivity contribution >= 4 is 62.1 Å². The number of aromatic nitrogens is 1. The van der Waals surface area contributed by atoms with Crippen LogP contribution in [0.15, 0.2) is 162 Å². The lowest BCUT2D eigenvalue weighted by molar-refractivity contribution is 0.648. The van der Waals surface area contributed by atoms with Crippen LogP contribution in [-0.4, -0.2) is 11.4 Å². The number of unbranched alkanes of at least 4 members (excludes halogenated alkanes) is 2. The number of fused-ring (bicyclic) bond motifs is 10. The Kier molecular flexibility index (Phi) is 6.82. The van der Waals surface area contributed by atoms with Crippen LogP contribution in [0.1, 0.15) is 31.7 Å². The molecule has 9 aromatic rings. The van der Waals surface area contributed by atoms with Crippen molar-refractivity contribution in [1.29, 1.82) is 0 Å². The van der Waals surface area contributed by atoms with Crippen LogP contribution in [0.25, 0.3) is 71.8 Å². The monoisotopic (exact) mass is 680 g/mol. The SMILES string of the molecule is CCCCCc1ccc(N2B3c4oc5ccccc5c4-n4c5ccccc5c5c(-c6ccccc6-c6ccccc6)cc(c3c54)-c3ccccc32)cc1. The first kappa shape index (κ1) is 30.4. The van der Waals surface area contributed by atoms with E-state index in [1.807, 2.05) is 0 Å². The van der Waals surface area contributed by atoms with E-state index in [1.165, 1.54) is 96.9 Å². The van der Waals surface area contributed by atoms with E-state index < -0.39 is 0 Å². The summed E-state index contributed by atoms with van der Waals surface area (Å²) in [4.78, 5) is 2.55. The zero-order valence-electron chi connectivity index (χ0n) is 29.7. The summed E-state index contributed by atoms with van der Waals surface area (Å²) in [6.45, 7) is 2.11. The minimum atomic E-state index is -0.161. The van der Waals surface area contributed by atoms with Crippen LogP contribution in [0.5, 0.6) is 0 Å². The number of benzene rings is 7. The fourth-order valence-electron chi connectivity index (χ4n) is 9.31. The molecule has 252 valence electrons. The number of furan rings is 1. The van der Waals surface area contributed by atoms with Crippen molar-refractivity contribution in [3.05, 3.63) is 163 Å². The lowest BCUT2D eigenvalue weighted by Gasteiger charge is -2.40. The highest BCUT2D eigenvalue weighted by atomic mass is 16.3. The Morgan fingerprint density at radius 3 is 2.11 bits per heavy atom. The van der Waals surface area contributed by atoms with Crippen LogP contribution >= 0.6 is 0 Å². The molecule has 4 heteroatoms. The van der Waals surface area contributed by atoms with E-state index in [0.717, 1.165) is 28.7 Å². The van der Waals surface area contributed by atoms with Crippen LogP contribution < -0.4 is 15.9 Å². The minimum Gasteiger partial charge on any atom is -0.466 e. The van der Waals surface area contributed by atoms with Gasteiger partial charge in [-0.3, -0.25) is 0 Å². The van der Waals surface area contributed by atoms with Crippen molar-refractivity contribution in [1.82, 2.24) is 4.57 Å². The van der Waals surface area contributed by atoms with Gasteiger partial charge in [-0.05, 0) is 94.1 Å². The summed E-state index contributed by atoms with van der Waals surface area (Å²) in [5.74, 6) is 0. The molecular weight excluding hydrogens is 643 g/mol. The average Bonchev–Trinajstić information content (AvgIpc) is 3.78. The highest BCUT2D eigenvalue weighted by Crippen LogP contribution is 2.49. The molecule has 2 aromatic heterocycles.